The zero-order chi connectivity index (χ0) is 29.9. The van der Waals surface area contributed by atoms with Crippen molar-refractivity contribution in [2.24, 2.45) is 17.8 Å². The summed E-state index contributed by atoms with van der Waals surface area (Å²) in [4.78, 5) is 35.1. The van der Waals surface area contributed by atoms with E-state index >= 15 is 0 Å². The summed E-state index contributed by atoms with van der Waals surface area (Å²) >= 11 is 0. The molecule has 8 heteroatoms. The Morgan fingerprint density at radius 1 is 0.884 bits per heavy atom. The summed E-state index contributed by atoms with van der Waals surface area (Å²) in [6.07, 6.45) is 15.8. The number of carbonyl (C=O) groups excluding carboxylic acids is 2. The van der Waals surface area contributed by atoms with Crippen LogP contribution in [0.3, 0.4) is 0 Å². The Hall–Kier alpha value is -3.68. The zero-order valence-electron chi connectivity index (χ0n) is 25.8. The Balaban J connectivity index is 1.18. The highest BCUT2D eigenvalue weighted by molar-refractivity contribution is 5.96. The molecule has 0 spiro atoms. The summed E-state index contributed by atoms with van der Waals surface area (Å²) in [6.45, 7) is 0.727. The summed E-state index contributed by atoms with van der Waals surface area (Å²) in [5.74, 6) is 1.83. The number of rotatable bonds is 9. The maximum absolute atomic E-state index is 14.2. The highest BCUT2D eigenvalue weighted by Gasteiger charge is 2.35. The minimum atomic E-state index is -0.148. The van der Waals surface area contributed by atoms with Gasteiger partial charge in [-0.25, -0.2) is 4.98 Å². The van der Waals surface area contributed by atoms with E-state index < -0.39 is 0 Å². The Labute approximate surface area is 255 Å². The summed E-state index contributed by atoms with van der Waals surface area (Å²) in [5.41, 5.74) is 4.46. The standard InChI is InChI=1S/C35H45N5O3/c1-38(2)33-18-15-29(20-36-33)25-9-7-24(8-10-25)22-39(34(41)26-11-13-27(14-12-26)35(42)43-3)32-6-4-5-28(19-32)30-21-37-40(23-30)31-16-17-31/h4-6,15,18-21,23-27,31H,7-14,16-17,22H2,1-3H3/t24-,25-,26?,27?. The summed E-state index contributed by atoms with van der Waals surface area (Å²) in [5, 5.41) is 4.60. The van der Waals surface area contributed by atoms with E-state index in [-0.39, 0.29) is 23.7 Å². The molecule has 228 valence electrons. The van der Waals surface area contributed by atoms with Crippen LogP contribution in [0.1, 0.15) is 81.7 Å². The topological polar surface area (TPSA) is 80.6 Å². The summed E-state index contributed by atoms with van der Waals surface area (Å²) in [6, 6.07) is 13.3. The van der Waals surface area contributed by atoms with Crippen molar-refractivity contribution in [1.29, 1.82) is 0 Å². The fraction of sp³-hybridized carbons (Fsp3) is 0.543. The number of nitrogens with zero attached hydrogens (tertiary/aromatic N) is 5. The van der Waals surface area contributed by atoms with E-state index in [1.54, 1.807) is 0 Å². The average molecular weight is 584 g/mol. The lowest BCUT2D eigenvalue weighted by Gasteiger charge is -2.36. The number of aromatic nitrogens is 3. The normalized spacial score (nSPS) is 23.9. The van der Waals surface area contributed by atoms with Gasteiger partial charge in [0.25, 0.3) is 0 Å². The smallest absolute Gasteiger partial charge is 0.308 e. The number of pyridine rings is 1. The molecule has 0 unspecified atom stereocenters. The summed E-state index contributed by atoms with van der Waals surface area (Å²) < 4.78 is 7.06. The van der Waals surface area contributed by atoms with Gasteiger partial charge in [0.05, 0.1) is 25.3 Å². The van der Waals surface area contributed by atoms with Gasteiger partial charge in [0, 0.05) is 50.2 Å². The molecular weight excluding hydrogens is 538 g/mol. The zero-order valence-corrected chi connectivity index (χ0v) is 25.8. The second-order valence-corrected chi connectivity index (χ2v) is 13.1. The van der Waals surface area contributed by atoms with Gasteiger partial charge in [-0.2, -0.15) is 5.10 Å². The molecule has 0 atom stereocenters. The van der Waals surface area contributed by atoms with E-state index in [0.717, 1.165) is 67.7 Å². The molecule has 3 saturated carbocycles. The van der Waals surface area contributed by atoms with Gasteiger partial charge in [-0.05, 0) is 105 Å². The first-order valence-electron chi connectivity index (χ1n) is 16.1. The molecule has 3 aliphatic carbocycles. The molecule has 8 nitrogen and oxygen atoms in total. The number of hydrogen-bond donors (Lipinski definition) is 0. The molecule has 3 aromatic rings. The second kappa shape index (κ2) is 12.9. The van der Waals surface area contributed by atoms with Gasteiger partial charge >= 0.3 is 5.97 Å². The molecule has 0 saturated heterocycles. The second-order valence-electron chi connectivity index (χ2n) is 13.1. The first-order chi connectivity index (χ1) is 20.9. The van der Waals surface area contributed by atoms with E-state index in [1.165, 1.54) is 25.5 Å². The van der Waals surface area contributed by atoms with Crippen molar-refractivity contribution in [1.82, 2.24) is 14.8 Å². The first-order valence-corrected chi connectivity index (χ1v) is 16.1. The lowest BCUT2D eigenvalue weighted by molar-refractivity contribution is -0.147. The third-order valence-corrected chi connectivity index (χ3v) is 9.88. The summed E-state index contributed by atoms with van der Waals surface area (Å²) in [7, 11) is 5.48. The lowest BCUT2D eigenvalue weighted by Crippen LogP contribution is -2.42. The monoisotopic (exact) mass is 583 g/mol. The minimum Gasteiger partial charge on any atom is -0.469 e. The number of benzene rings is 1. The lowest BCUT2D eigenvalue weighted by atomic mass is 9.78. The van der Waals surface area contributed by atoms with Crippen LogP contribution in [0.25, 0.3) is 11.1 Å². The molecule has 6 rings (SSSR count). The quantitative estimate of drug-likeness (QED) is 0.263. The molecule has 0 radical (unpaired) electrons. The predicted molar refractivity (Wildman–Crippen MR) is 169 cm³/mol. The van der Waals surface area contributed by atoms with Crippen molar-refractivity contribution >= 4 is 23.4 Å². The van der Waals surface area contributed by atoms with Crippen LogP contribution in [0.4, 0.5) is 11.5 Å². The van der Waals surface area contributed by atoms with Gasteiger partial charge in [0.1, 0.15) is 5.82 Å². The molecule has 2 aromatic heterocycles. The van der Waals surface area contributed by atoms with Crippen LogP contribution in [-0.4, -0.2) is 54.4 Å². The number of esters is 1. The molecule has 43 heavy (non-hydrogen) atoms. The van der Waals surface area contributed by atoms with Crippen LogP contribution < -0.4 is 9.80 Å². The van der Waals surface area contributed by atoms with Crippen molar-refractivity contribution in [2.45, 2.75) is 76.2 Å². The van der Waals surface area contributed by atoms with Gasteiger partial charge in [-0.1, -0.05) is 18.2 Å². The molecular formula is C35H45N5O3. The number of amides is 1. The van der Waals surface area contributed by atoms with Crippen LogP contribution in [0, 0.1) is 17.8 Å². The van der Waals surface area contributed by atoms with E-state index in [1.807, 2.05) is 31.4 Å². The fourth-order valence-corrected chi connectivity index (χ4v) is 7.01. The highest BCUT2D eigenvalue weighted by atomic mass is 16.5. The first kappa shape index (κ1) is 29.4. The third-order valence-electron chi connectivity index (χ3n) is 9.88. The number of ether oxygens (including phenoxy) is 1. The molecule has 1 amide bonds. The van der Waals surface area contributed by atoms with Gasteiger partial charge < -0.3 is 14.5 Å². The van der Waals surface area contributed by atoms with Gasteiger partial charge in [-0.15, -0.1) is 0 Å². The Morgan fingerprint density at radius 3 is 2.28 bits per heavy atom. The molecule has 0 N–H and O–H groups in total. The van der Waals surface area contributed by atoms with E-state index in [4.69, 9.17) is 4.74 Å². The highest BCUT2D eigenvalue weighted by Crippen LogP contribution is 2.39. The van der Waals surface area contributed by atoms with Crippen molar-refractivity contribution in [2.75, 3.05) is 37.5 Å². The number of carbonyl (C=O) groups is 2. The average Bonchev–Trinajstić information content (AvgIpc) is 3.79. The largest absolute Gasteiger partial charge is 0.469 e. The van der Waals surface area contributed by atoms with Crippen LogP contribution in [0.2, 0.25) is 0 Å². The minimum absolute atomic E-state index is 0.0696. The SMILES string of the molecule is COC(=O)C1CCC(C(=O)N(C[C@H]2CC[C@H](c3ccc(N(C)C)nc3)CC2)c2cccc(-c3cnn(C4CC4)c3)c2)CC1. The molecule has 0 bridgehead atoms. The van der Waals surface area contributed by atoms with Crippen LogP contribution >= 0.6 is 0 Å². The number of anilines is 2. The molecule has 1 aromatic carbocycles. The van der Waals surface area contributed by atoms with E-state index in [0.29, 0.717) is 30.7 Å². The van der Waals surface area contributed by atoms with Crippen molar-refractivity contribution in [3.8, 4) is 11.1 Å². The molecule has 2 heterocycles. The maximum atomic E-state index is 14.2. The molecule has 0 aliphatic heterocycles. The Morgan fingerprint density at radius 2 is 1.63 bits per heavy atom. The van der Waals surface area contributed by atoms with Crippen LogP contribution in [0.15, 0.2) is 55.0 Å². The molecule has 3 aliphatic rings. The van der Waals surface area contributed by atoms with Crippen molar-refractivity contribution in [3.05, 3.63) is 60.6 Å². The van der Waals surface area contributed by atoms with Crippen molar-refractivity contribution < 1.29 is 14.3 Å². The van der Waals surface area contributed by atoms with Crippen LogP contribution in [-0.2, 0) is 14.3 Å². The maximum Gasteiger partial charge on any atom is 0.308 e. The van der Waals surface area contributed by atoms with Gasteiger partial charge in [-0.3, -0.25) is 14.3 Å². The molecule has 3 fully saturated rings. The van der Waals surface area contributed by atoms with E-state index in [2.05, 4.69) is 62.3 Å². The van der Waals surface area contributed by atoms with Crippen LogP contribution in [0.5, 0.6) is 0 Å². The van der Waals surface area contributed by atoms with E-state index in [9.17, 15) is 9.59 Å². The number of hydrogen-bond acceptors (Lipinski definition) is 6. The Kier molecular flexibility index (Phi) is 8.82. The predicted octanol–water partition coefficient (Wildman–Crippen LogP) is 6.63. The third kappa shape index (κ3) is 6.78. The van der Waals surface area contributed by atoms with Gasteiger partial charge in [0.15, 0.2) is 0 Å². The fourth-order valence-electron chi connectivity index (χ4n) is 7.01. The van der Waals surface area contributed by atoms with Crippen molar-refractivity contribution in [3.63, 3.8) is 0 Å². The number of methoxy groups -OCH3 is 1. The Bertz CT molecular complexity index is 1400. The van der Waals surface area contributed by atoms with Gasteiger partial charge in [0.2, 0.25) is 5.91 Å².